The Hall–Kier alpha value is -1.06. The number of benzene rings is 1. The Morgan fingerprint density at radius 3 is 2.57 bits per heavy atom. The van der Waals surface area contributed by atoms with Crippen molar-refractivity contribution in [1.82, 2.24) is 0 Å². The Morgan fingerprint density at radius 2 is 1.93 bits per heavy atom. The summed E-state index contributed by atoms with van der Waals surface area (Å²) in [5.41, 5.74) is 1.22. The van der Waals surface area contributed by atoms with E-state index in [1.165, 1.54) is 5.69 Å². The molecule has 0 saturated carbocycles. The normalized spacial score (nSPS) is 21.5. The first-order chi connectivity index (χ1) is 6.36. The lowest BCUT2D eigenvalue weighted by Crippen LogP contribution is -2.38. The van der Waals surface area contributed by atoms with E-state index in [1.54, 1.807) is 0 Å². The Kier molecular flexibility index (Phi) is 3.92. The van der Waals surface area contributed by atoms with Crippen molar-refractivity contribution in [1.29, 1.82) is 0 Å². The molecule has 1 aromatic rings. The van der Waals surface area contributed by atoms with Gasteiger partial charge in [-0.15, -0.1) is 0 Å². The van der Waals surface area contributed by atoms with Gasteiger partial charge in [-0.2, -0.15) is 0 Å². The van der Waals surface area contributed by atoms with E-state index >= 15 is 0 Å². The van der Waals surface area contributed by atoms with Crippen LogP contribution in [0.4, 0.5) is 5.69 Å². The molecule has 14 heavy (non-hydrogen) atoms. The molecule has 3 nitrogen and oxygen atoms in total. The molecule has 1 aliphatic rings. The van der Waals surface area contributed by atoms with Crippen molar-refractivity contribution < 1.29 is 10.6 Å². The van der Waals surface area contributed by atoms with Crippen molar-refractivity contribution in [3.05, 3.63) is 30.3 Å². The smallest absolute Gasteiger partial charge is 0.0715 e. The summed E-state index contributed by atoms with van der Waals surface area (Å²) in [5, 5.41) is 9.50. The third-order valence-corrected chi connectivity index (χ3v) is 2.52. The lowest BCUT2D eigenvalue weighted by Gasteiger charge is -2.31. The van der Waals surface area contributed by atoms with E-state index in [0.717, 1.165) is 25.9 Å². The Labute approximate surface area is 84.3 Å². The SMILES string of the molecule is O.OC1CCCN(c2ccccc2)C1. The van der Waals surface area contributed by atoms with Gasteiger partial charge in [-0.3, -0.25) is 0 Å². The van der Waals surface area contributed by atoms with Gasteiger partial charge in [0.15, 0.2) is 0 Å². The van der Waals surface area contributed by atoms with Gasteiger partial charge < -0.3 is 15.5 Å². The molecule has 1 heterocycles. The number of hydrogen-bond acceptors (Lipinski definition) is 2. The van der Waals surface area contributed by atoms with Crippen molar-refractivity contribution in [2.45, 2.75) is 18.9 Å². The number of piperidine rings is 1. The van der Waals surface area contributed by atoms with Crippen LogP contribution in [0.5, 0.6) is 0 Å². The first-order valence-corrected chi connectivity index (χ1v) is 4.84. The second-order valence-electron chi connectivity index (χ2n) is 3.58. The number of anilines is 1. The van der Waals surface area contributed by atoms with Gasteiger partial charge in [0.2, 0.25) is 0 Å². The molecular weight excluding hydrogens is 178 g/mol. The summed E-state index contributed by atoms with van der Waals surface area (Å²) in [4.78, 5) is 2.24. The first-order valence-electron chi connectivity index (χ1n) is 4.84. The minimum atomic E-state index is -0.144. The quantitative estimate of drug-likeness (QED) is 0.721. The number of rotatable bonds is 1. The fourth-order valence-electron chi connectivity index (χ4n) is 1.83. The van der Waals surface area contributed by atoms with E-state index in [1.807, 2.05) is 18.2 Å². The molecule has 0 bridgehead atoms. The highest BCUT2D eigenvalue weighted by molar-refractivity contribution is 5.46. The van der Waals surface area contributed by atoms with Crippen molar-refractivity contribution in [2.75, 3.05) is 18.0 Å². The van der Waals surface area contributed by atoms with Crippen LogP contribution in [0.25, 0.3) is 0 Å². The van der Waals surface area contributed by atoms with Crippen molar-refractivity contribution in [3.8, 4) is 0 Å². The molecule has 3 heteroatoms. The van der Waals surface area contributed by atoms with Gasteiger partial charge in [0.25, 0.3) is 0 Å². The van der Waals surface area contributed by atoms with E-state index in [9.17, 15) is 5.11 Å². The van der Waals surface area contributed by atoms with Crippen molar-refractivity contribution in [2.24, 2.45) is 0 Å². The second-order valence-corrected chi connectivity index (χ2v) is 3.58. The van der Waals surface area contributed by atoms with Crippen molar-refractivity contribution in [3.63, 3.8) is 0 Å². The average Bonchev–Trinajstić information content (AvgIpc) is 2.19. The molecule has 78 valence electrons. The molecule has 1 saturated heterocycles. The topological polar surface area (TPSA) is 55.0 Å². The maximum absolute atomic E-state index is 9.50. The number of nitrogens with zero attached hydrogens (tertiary/aromatic N) is 1. The molecule has 0 aliphatic carbocycles. The van der Waals surface area contributed by atoms with Gasteiger partial charge in [-0.05, 0) is 25.0 Å². The molecule has 1 aromatic carbocycles. The van der Waals surface area contributed by atoms with E-state index < -0.39 is 0 Å². The number of aliphatic hydroxyl groups excluding tert-OH is 1. The summed E-state index contributed by atoms with van der Waals surface area (Å²) < 4.78 is 0. The molecule has 0 amide bonds. The average molecular weight is 195 g/mol. The summed E-state index contributed by atoms with van der Waals surface area (Å²) in [6.45, 7) is 1.85. The zero-order valence-electron chi connectivity index (χ0n) is 8.19. The van der Waals surface area contributed by atoms with E-state index in [-0.39, 0.29) is 11.6 Å². The number of hydrogen-bond donors (Lipinski definition) is 1. The van der Waals surface area contributed by atoms with E-state index in [2.05, 4.69) is 17.0 Å². The highest BCUT2D eigenvalue weighted by Gasteiger charge is 2.17. The summed E-state index contributed by atoms with van der Waals surface area (Å²) in [6.07, 6.45) is 1.90. The number of β-amino-alcohol motifs (C(OH)–C–C–N with tert-alkyl or cyclic N) is 1. The fraction of sp³-hybridized carbons (Fsp3) is 0.455. The standard InChI is InChI=1S/C11H15NO.H2O/c13-11-7-4-8-12(9-11)10-5-2-1-3-6-10;/h1-3,5-6,11,13H,4,7-9H2;1H2. The molecular formula is C11H17NO2. The molecule has 3 N–H and O–H groups in total. The molecule has 1 unspecified atom stereocenters. The molecule has 1 atom stereocenters. The summed E-state index contributed by atoms with van der Waals surface area (Å²) in [7, 11) is 0. The zero-order chi connectivity index (χ0) is 9.10. The van der Waals surface area contributed by atoms with Gasteiger partial charge in [0.1, 0.15) is 0 Å². The summed E-state index contributed by atoms with van der Waals surface area (Å²) in [5.74, 6) is 0. The minimum Gasteiger partial charge on any atom is -0.412 e. The van der Waals surface area contributed by atoms with E-state index in [0.29, 0.717) is 0 Å². The predicted molar refractivity (Wildman–Crippen MR) is 57.5 cm³/mol. The summed E-state index contributed by atoms with van der Waals surface area (Å²) in [6, 6.07) is 10.3. The fourth-order valence-corrected chi connectivity index (χ4v) is 1.83. The highest BCUT2D eigenvalue weighted by Crippen LogP contribution is 2.18. The molecule has 0 aromatic heterocycles. The Balaban J connectivity index is 0.000000980. The van der Waals surface area contributed by atoms with Gasteiger partial charge in [-0.1, -0.05) is 18.2 Å². The van der Waals surface area contributed by atoms with Gasteiger partial charge in [0, 0.05) is 18.8 Å². The zero-order valence-corrected chi connectivity index (χ0v) is 8.19. The first kappa shape index (κ1) is 11.0. The maximum atomic E-state index is 9.50. The Bertz CT molecular complexity index is 263. The summed E-state index contributed by atoms with van der Waals surface area (Å²) >= 11 is 0. The van der Waals surface area contributed by atoms with Crippen LogP contribution < -0.4 is 4.90 Å². The molecule has 2 rings (SSSR count). The molecule has 1 fully saturated rings. The second kappa shape index (κ2) is 4.98. The highest BCUT2D eigenvalue weighted by atomic mass is 16.3. The van der Waals surface area contributed by atoms with E-state index in [4.69, 9.17) is 0 Å². The monoisotopic (exact) mass is 195 g/mol. The molecule has 1 aliphatic heterocycles. The van der Waals surface area contributed by atoms with Crippen LogP contribution in [0.15, 0.2) is 30.3 Å². The van der Waals surface area contributed by atoms with Gasteiger partial charge in [-0.25, -0.2) is 0 Å². The maximum Gasteiger partial charge on any atom is 0.0715 e. The van der Waals surface area contributed by atoms with Crippen LogP contribution in [-0.2, 0) is 0 Å². The lowest BCUT2D eigenvalue weighted by atomic mass is 10.1. The number of aliphatic hydroxyl groups is 1. The minimum absolute atomic E-state index is 0. The van der Waals surface area contributed by atoms with Crippen LogP contribution in [0.3, 0.4) is 0 Å². The predicted octanol–water partition coefficient (Wildman–Crippen LogP) is 0.823. The van der Waals surface area contributed by atoms with Crippen LogP contribution in [0.1, 0.15) is 12.8 Å². The van der Waals surface area contributed by atoms with Crippen LogP contribution in [0.2, 0.25) is 0 Å². The largest absolute Gasteiger partial charge is 0.412 e. The van der Waals surface area contributed by atoms with Gasteiger partial charge in [0.05, 0.1) is 6.10 Å². The van der Waals surface area contributed by atoms with Crippen LogP contribution >= 0.6 is 0 Å². The van der Waals surface area contributed by atoms with Crippen LogP contribution in [-0.4, -0.2) is 29.8 Å². The third-order valence-electron chi connectivity index (χ3n) is 2.52. The Morgan fingerprint density at radius 1 is 1.21 bits per heavy atom. The molecule has 0 spiro atoms. The number of para-hydroxylation sites is 1. The third kappa shape index (κ3) is 2.47. The lowest BCUT2D eigenvalue weighted by molar-refractivity contribution is 0.154. The van der Waals surface area contributed by atoms with Crippen LogP contribution in [0, 0.1) is 0 Å². The van der Waals surface area contributed by atoms with Crippen molar-refractivity contribution >= 4 is 5.69 Å². The van der Waals surface area contributed by atoms with Gasteiger partial charge >= 0.3 is 0 Å². The molecule has 0 radical (unpaired) electrons.